The molecule has 0 aliphatic heterocycles. The summed E-state index contributed by atoms with van der Waals surface area (Å²) in [5.41, 5.74) is 5.41. The topological polar surface area (TPSA) is 64.3 Å². The summed E-state index contributed by atoms with van der Waals surface area (Å²) in [6.45, 7) is 2.25. The molecule has 0 saturated heterocycles. The zero-order valence-electron chi connectivity index (χ0n) is 6.39. The van der Waals surface area contributed by atoms with Crippen molar-refractivity contribution >= 4 is 6.09 Å². The van der Waals surface area contributed by atoms with Crippen LogP contribution in [0.1, 0.15) is 13.3 Å². The van der Waals surface area contributed by atoms with Gasteiger partial charge in [0.15, 0.2) is 0 Å². The van der Waals surface area contributed by atoms with Crippen molar-refractivity contribution in [3.05, 3.63) is 0 Å². The summed E-state index contributed by atoms with van der Waals surface area (Å²) in [4.78, 5) is 10.4. The zero-order valence-corrected chi connectivity index (χ0v) is 6.39. The summed E-state index contributed by atoms with van der Waals surface area (Å²) in [6, 6.07) is 0.0876. The average Bonchev–Trinajstić information content (AvgIpc) is 1.87. The van der Waals surface area contributed by atoms with Crippen molar-refractivity contribution in [3.63, 3.8) is 0 Å². The number of nitrogens with two attached hydrogens (primary N) is 1. The highest BCUT2D eigenvalue weighted by Crippen LogP contribution is 1.86. The van der Waals surface area contributed by atoms with Gasteiger partial charge in [0.2, 0.25) is 0 Å². The number of hydrogen-bond acceptors (Lipinski definition) is 3. The van der Waals surface area contributed by atoms with Gasteiger partial charge in [-0.25, -0.2) is 4.79 Å². The van der Waals surface area contributed by atoms with Crippen LogP contribution in [0.3, 0.4) is 0 Å². The van der Waals surface area contributed by atoms with E-state index in [1.54, 1.807) is 0 Å². The van der Waals surface area contributed by atoms with Crippen LogP contribution in [-0.4, -0.2) is 25.8 Å². The van der Waals surface area contributed by atoms with Crippen molar-refractivity contribution in [2.45, 2.75) is 19.4 Å². The van der Waals surface area contributed by atoms with E-state index in [-0.39, 0.29) is 6.04 Å². The lowest BCUT2D eigenvalue weighted by molar-refractivity contribution is 0.145. The molecule has 3 N–H and O–H groups in total. The van der Waals surface area contributed by atoms with Crippen LogP contribution >= 0.6 is 0 Å². The highest BCUT2D eigenvalue weighted by molar-refractivity contribution is 5.66. The second-order valence-corrected chi connectivity index (χ2v) is 2.15. The summed E-state index contributed by atoms with van der Waals surface area (Å²) in [5, 5.41) is 2.34. The van der Waals surface area contributed by atoms with Gasteiger partial charge in [-0.15, -0.1) is 0 Å². The third-order valence-corrected chi connectivity index (χ3v) is 1.01. The molecule has 1 unspecified atom stereocenters. The Hall–Kier alpha value is -0.770. The molecule has 4 nitrogen and oxygen atoms in total. The lowest BCUT2D eigenvalue weighted by Crippen LogP contribution is -2.23. The molecule has 0 aromatic carbocycles. The minimum absolute atomic E-state index is 0.0876. The second-order valence-electron chi connectivity index (χ2n) is 2.15. The van der Waals surface area contributed by atoms with Crippen molar-refractivity contribution < 1.29 is 9.53 Å². The van der Waals surface area contributed by atoms with Crippen LogP contribution in [0.15, 0.2) is 0 Å². The van der Waals surface area contributed by atoms with Crippen molar-refractivity contribution in [3.8, 4) is 0 Å². The van der Waals surface area contributed by atoms with Gasteiger partial charge < -0.3 is 15.8 Å². The minimum atomic E-state index is -0.402. The molecule has 0 aromatic heterocycles. The van der Waals surface area contributed by atoms with Crippen LogP contribution in [0, 0.1) is 0 Å². The molecule has 4 heteroatoms. The molecule has 0 rings (SSSR count). The normalized spacial score (nSPS) is 12.3. The van der Waals surface area contributed by atoms with E-state index < -0.39 is 6.09 Å². The largest absolute Gasteiger partial charge is 0.450 e. The third-order valence-electron chi connectivity index (χ3n) is 1.01. The first kappa shape index (κ1) is 9.23. The number of alkyl carbamates (subject to hydrolysis) is 1. The molecule has 0 fully saturated rings. The number of rotatable bonds is 3. The Morgan fingerprint density at radius 1 is 1.80 bits per heavy atom. The van der Waals surface area contributed by atoms with Gasteiger partial charge >= 0.3 is 6.09 Å². The molecule has 0 aliphatic carbocycles. The van der Waals surface area contributed by atoms with Crippen molar-refractivity contribution in [1.29, 1.82) is 0 Å². The number of carbonyl (C=O) groups is 1. The predicted molar refractivity (Wildman–Crippen MR) is 38.7 cm³/mol. The fourth-order valence-corrected chi connectivity index (χ4v) is 0.410. The summed E-state index contributed by atoms with van der Waals surface area (Å²) in [6.07, 6.45) is 0.300. The van der Waals surface area contributed by atoms with Crippen molar-refractivity contribution in [1.82, 2.24) is 5.32 Å². The van der Waals surface area contributed by atoms with E-state index in [9.17, 15) is 4.79 Å². The molecule has 0 radical (unpaired) electrons. The molecule has 0 aromatic rings. The molecule has 1 amide bonds. The van der Waals surface area contributed by atoms with Gasteiger partial charge in [0.1, 0.15) is 0 Å². The predicted octanol–water partition coefficient (Wildman–Crippen LogP) is 0.0797. The number of carbonyl (C=O) groups excluding carboxylic acids is 1. The minimum Gasteiger partial charge on any atom is -0.450 e. The van der Waals surface area contributed by atoms with E-state index in [4.69, 9.17) is 5.73 Å². The monoisotopic (exact) mass is 146 g/mol. The second kappa shape index (κ2) is 5.05. The van der Waals surface area contributed by atoms with Crippen LogP contribution < -0.4 is 11.1 Å². The molecule has 0 heterocycles. The SMILES string of the molecule is CNC(=O)OCCC(C)N. The molecule has 1 atom stereocenters. The third kappa shape index (κ3) is 5.37. The number of hydrogen-bond donors (Lipinski definition) is 2. The molecule has 10 heavy (non-hydrogen) atoms. The summed E-state index contributed by atoms with van der Waals surface area (Å²) >= 11 is 0. The maximum Gasteiger partial charge on any atom is 0.406 e. The fraction of sp³-hybridized carbons (Fsp3) is 0.833. The number of nitrogens with one attached hydrogen (secondary N) is 1. The quantitative estimate of drug-likeness (QED) is 0.592. The Kier molecular flexibility index (Phi) is 4.66. The number of ether oxygens (including phenoxy) is 1. The van der Waals surface area contributed by atoms with Gasteiger partial charge in [-0.05, 0) is 13.3 Å². The van der Waals surface area contributed by atoms with E-state index >= 15 is 0 Å². The molecule has 0 saturated carbocycles. The fourth-order valence-electron chi connectivity index (χ4n) is 0.410. The lowest BCUT2D eigenvalue weighted by atomic mass is 10.3. The van der Waals surface area contributed by atoms with Gasteiger partial charge in [0, 0.05) is 13.1 Å². The first-order valence-corrected chi connectivity index (χ1v) is 3.27. The number of amides is 1. The molecule has 0 bridgehead atoms. The van der Waals surface area contributed by atoms with Gasteiger partial charge in [-0.2, -0.15) is 0 Å². The maximum absolute atomic E-state index is 10.4. The molecular formula is C6H14N2O2. The van der Waals surface area contributed by atoms with Crippen molar-refractivity contribution in [2.24, 2.45) is 5.73 Å². The Bertz CT molecular complexity index is 104. The van der Waals surface area contributed by atoms with E-state index in [1.807, 2.05) is 6.92 Å². The van der Waals surface area contributed by atoms with E-state index in [0.717, 1.165) is 0 Å². The lowest BCUT2D eigenvalue weighted by Gasteiger charge is -2.05. The Balaban J connectivity index is 3.12. The Morgan fingerprint density at radius 3 is 2.80 bits per heavy atom. The van der Waals surface area contributed by atoms with Gasteiger partial charge in [0.05, 0.1) is 6.61 Å². The van der Waals surface area contributed by atoms with E-state index in [1.165, 1.54) is 7.05 Å². The van der Waals surface area contributed by atoms with Crippen LogP contribution in [-0.2, 0) is 4.74 Å². The van der Waals surface area contributed by atoms with E-state index in [0.29, 0.717) is 13.0 Å². The van der Waals surface area contributed by atoms with E-state index in [2.05, 4.69) is 10.1 Å². The standard InChI is InChI=1S/C6H14N2O2/c1-5(7)3-4-10-6(9)8-2/h5H,3-4,7H2,1-2H3,(H,8,9). The van der Waals surface area contributed by atoms with Crippen LogP contribution in [0.5, 0.6) is 0 Å². The van der Waals surface area contributed by atoms with Crippen molar-refractivity contribution in [2.75, 3.05) is 13.7 Å². The summed E-state index contributed by atoms with van der Waals surface area (Å²) in [5.74, 6) is 0. The van der Waals surface area contributed by atoms with Gasteiger partial charge in [-0.3, -0.25) is 0 Å². The van der Waals surface area contributed by atoms with Crippen LogP contribution in [0.25, 0.3) is 0 Å². The summed E-state index contributed by atoms with van der Waals surface area (Å²) in [7, 11) is 1.52. The maximum atomic E-state index is 10.4. The highest BCUT2D eigenvalue weighted by atomic mass is 16.5. The molecule has 0 spiro atoms. The molecule has 60 valence electrons. The van der Waals surface area contributed by atoms with Crippen LogP contribution in [0.2, 0.25) is 0 Å². The smallest absolute Gasteiger partial charge is 0.406 e. The van der Waals surface area contributed by atoms with Gasteiger partial charge in [0.25, 0.3) is 0 Å². The van der Waals surface area contributed by atoms with Gasteiger partial charge in [-0.1, -0.05) is 0 Å². The first-order valence-electron chi connectivity index (χ1n) is 3.27. The zero-order chi connectivity index (χ0) is 7.98. The average molecular weight is 146 g/mol. The van der Waals surface area contributed by atoms with Crippen LogP contribution in [0.4, 0.5) is 4.79 Å². The Labute approximate surface area is 60.7 Å². The Morgan fingerprint density at radius 2 is 2.40 bits per heavy atom. The highest BCUT2D eigenvalue weighted by Gasteiger charge is 1.98. The molecule has 0 aliphatic rings. The first-order chi connectivity index (χ1) is 4.66. The molecular weight excluding hydrogens is 132 g/mol. The summed E-state index contributed by atoms with van der Waals surface area (Å²) < 4.78 is 4.67.